The molecule has 0 radical (unpaired) electrons. The second kappa shape index (κ2) is 9.18. The standard InChI is InChI=1S/C19H14BrIN2O5S/c1-28-14-7-10(6-13(20)17(14)25)8-15-18(26)23(19(27)29-15)9-16(24)22-12-4-2-11(21)3-5-12/h2-8,25H,9H2,1H3,(H,22,24)/b15-8+. The molecule has 29 heavy (non-hydrogen) atoms. The summed E-state index contributed by atoms with van der Waals surface area (Å²) in [7, 11) is 1.41. The second-order valence-electron chi connectivity index (χ2n) is 5.88. The molecule has 2 aromatic carbocycles. The fourth-order valence-corrected chi connectivity index (χ4v) is 4.16. The monoisotopic (exact) mass is 588 g/mol. The van der Waals surface area contributed by atoms with Crippen LogP contribution in [0.25, 0.3) is 6.08 Å². The lowest BCUT2D eigenvalue weighted by Crippen LogP contribution is -2.36. The van der Waals surface area contributed by atoms with Gasteiger partial charge in [-0.2, -0.15) is 0 Å². The molecule has 7 nitrogen and oxygen atoms in total. The van der Waals surface area contributed by atoms with Crippen LogP contribution in [0.3, 0.4) is 0 Å². The maximum Gasteiger partial charge on any atom is 0.294 e. The van der Waals surface area contributed by atoms with E-state index in [9.17, 15) is 19.5 Å². The second-order valence-corrected chi connectivity index (χ2v) is 8.97. The van der Waals surface area contributed by atoms with E-state index in [0.29, 0.717) is 15.7 Å². The fourth-order valence-electron chi connectivity index (χ4n) is 2.50. The molecular weight excluding hydrogens is 575 g/mol. The highest BCUT2D eigenvalue weighted by molar-refractivity contribution is 14.1. The molecule has 3 amide bonds. The molecule has 0 unspecified atom stereocenters. The summed E-state index contributed by atoms with van der Waals surface area (Å²) >= 11 is 6.11. The molecule has 1 aliphatic rings. The largest absolute Gasteiger partial charge is 0.503 e. The maximum atomic E-state index is 12.6. The third-order valence-electron chi connectivity index (χ3n) is 3.87. The molecule has 1 fully saturated rings. The van der Waals surface area contributed by atoms with Gasteiger partial charge in [0.2, 0.25) is 5.91 Å². The highest BCUT2D eigenvalue weighted by atomic mass is 127. The Balaban J connectivity index is 1.74. The zero-order valence-electron chi connectivity index (χ0n) is 14.9. The Bertz CT molecular complexity index is 1030. The molecule has 2 aromatic rings. The van der Waals surface area contributed by atoms with E-state index in [0.717, 1.165) is 20.2 Å². The smallest absolute Gasteiger partial charge is 0.294 e. The number of hydrogen-bond acceptors (Lipinski definition) is 6. The quantitative estimate of drug-likeness (QED) is 0.396. The van der Waals surface area contributed by atoms with Crippen molar-refractivity contribution in [3.8, 4) is 11.5 Å². The average molecular weight is 589 g/mol. The Kier molecular flexibility index (Phi) is 6.85. The SMILES string of the molecule is COc1cc(/C=C2/SC(=O)N(CC(=O)Nc3ccc(I)cc3)C2=O)cc(Br)c1O. The molecule has 0 atom stereocenters. The minimum Gasteiger partial charge on any atom is -0.503 e. The normalized spacial score (nSPS) is 15.1. The summed E-state index contributed by atoms with van der Waals surface area (Å²) in [6, 6.07) is 10.3. The zero-order valence-corrected chi connectivity index (χ0v) is 19.5. The Morgan fingerprint density at radius 1 is 1.31 bits per heavy atom. The summed E-state index contributed by atoms with van der Waals surface area (Å²) in [6.07, 6.45) is 1.51. The van der Waals surface area contributed by atoms with E-state index in [1.807, 2.05) is 12.1 Å². The number of benzene rings is 2. The Labute approximate surface area is 192 Å². The van der Waals surface area contributed by atoms with Gasteiger partial charge in [0.15, 0.2) is 11.5 Å². The number of rotatable bonds is 5. The van der Waals surface area contributed by atoms with Gasteiger partial charge in [-0.1, -0.05) is 0 Å². The van der Waals surface area contributed by atoms with Gasteiger partial charge in [0, 0.05) is 9.26 Å². The number of imide groups is 1. The minimum atomic E-state index is -0.555. The predicted molar refractivity (Wildman–Crippen MR) is 123 cm³/mol. The van der Waals surface area contributed by atoms with Gasteiger partial charge in [-0.05, 0) is 98.3 Å². The molecule has 0 aliphatic carbocycles. The lowest BCUT2D eigenvalue weighted by Gasteiger charge is -2.12. The number of hydrogen-bond donors (Lipinski definition) is 2. The molecule has 3 rings (SSSR count). The van der Waals surface area contributed by atoms with Crippen LogP contribution in [-0.2, 0) is 9.59 Å². The van der Waals surface area contributed by atoms with E-state index in [4.69, 9.17) is 4.74 Å². The Morgan fingerprint density at radius 3 is 2.66 bits per heavy atom. The third kappa shape index (κ3) is 5.11. The van der Waals surface area contributed by atoms with Gasteiger partial charge < -0.3 is 15.2 Å². The molecule has 0 bridgehead atoms. The van der Waals surface area contributed by atoms with E-state index in [-0.39, 0.29) is 22.9 Å². The molecule has 1 heterocycles. The van der Waals surface area contributed by atoms with Gasteiger partial charge in [-0.25, -0.2) is 0 Å². The molecule has 150 valence electrons. The maximum absolute atomic E-state index is 12.6. The van der Waals surface area contributed by atoms with Gasteiger partial charge in [-0.3, -0.25) is 19.3 Å². The molecule has 1 aliphatic heterocycles. The van der Waals surface area contributed by atoms with Crippen molar-refractivity contribution in [2.75, 3.05) is 19.0 Å². The fraction of sp³-hybridized carbons (Fsp3) is 0.105. The third-order valence-corrected chi connectivity index (χ3v) is 6.10. The first kappa shape index (κ1) is 21.7. The molecule has 0 aromatic heterocycles. The number of phenolic OH excluding ortho intramolecular Hbond substituents is 1. The van der Waals surface area contributed by atoms with E-state index < -0.39 is 17.1 Å². The average Bonchev–Trinajstić information content (AvgIpc) is 2.93. The molecule has 0 saturated carbocycles. The van der Waals surface area contributed by atoms with Crippen molar-refractivity contribution in [2.24, 2.45) is 0 Å². The van der Waals surface area contributed by atoms with Crippen LogP contribution in [0.2, 0.25) is 0 Å². The van der Waals surface area contributed by atoms with E-state index in [1.165, 1.54) is 19.3 Å². The van der Waals surface area contributed by atoms with E-state index in [2.05, 4.69) is 43.8 Å². The lowest BCUT2D eigenvalue weighted by molar-refractivity contribution is -0.127. The number of methoxy groups -OCH3 is 1. The van der Waals surface area contributed by atoms with E-state index >= 15 is 0 Å². The number of carbonyl (C=O) groups excluding carboxylic acids is 3. The van der Waals surface area contributed by atoms with Crippen molar-refractivity contribution < 1.29 is 24.2 Å². The van der Waals surface area contributed by atoms with Crippen molar-refractivity contribution in [2.45, 2.75) is 0 Å². The summed E-state index contributed by atoms with van der Waals surface area (Å²) in [5, 5.41) is 12.0. The predicted octanol–water partition coefficient (Wildman–Crippen LogP) is 4.44. The van der Waals surface area contributed by atoms with Crippen LogP contribution >= 0.6 is 50.3 Å². The van der Waals surface area contributed by atoms with Gasteiger partial charge in [0.05, 0.1) is 16.5 Å². The summed E-state index contributed by atoms with van der Waals surface area (Å²) in [5.74, 6) is -0.864. The van der Waals surface area contributed by atoms with Crippen LogP contribution < -0.4 is 10.1 Å². The molecule has 1 saturated heterocycles. The van der Waals surface area contributed by atoms with Crippen LogP contribution in [0.5, 0.6) is 11.5 Å². The minimum absolute atomic E-state index is 0.0648. The number of phenols is 1. The van der Waals surface area contributed by atoms with Gasteiger partial charge in [-0.15, -0.1) is 0 Å². The highest BCUT2D eigenvalue weighted by Gasteiger charge is 2.36. The topological polar surface area (TPSA) is 95.9 Å². The van der Waals surface area contributed by atoms with Gasteiger partial charge in [0.1, 0.15) is 6.54 Å². The number of halogens is 2. The summed E-state index contributed by atoms with van der Waals surface area (Å²) in [5.41, 5.74) is 1.14. The van der Waals surface area contributed by atoms with E-state index in [1.54, 1.807) is 18.2 Å². The number of amides is 3. The number of ether oxygens (including phenoxy) is 1. The summed E-state index contributed by atoms with van der Waals surface area (Å²) in [4.78, 5) is 38.1. The van der Waals surface area contributed by atoms with Crippen LogP contribution in [0.15, 0.2) is 45.8 Å². The molecule has 0 spiro atoms. The zero-order chi connectivity index (χ0) is 21.1. The van der Waals surface area contributed by atoms with Crippen LogP contribution in [0.1, 0.15) is 5.56 Å². The first-order chi connectivity index (χ1) is 13.8. The van der Waals surface area contributed by atoms with Crippen molar-refractivity contribution in [1.82, 2.24) is 4.90 Å². The van der Waals surface area contributed by atoms with Crippen LogP contribution in [0.4, 0.5) is 10.5 Å². The Morgan fingerprint density at radius 2 is 2.00 bits per heavy atom. The molecule has 10 heteroatoms. The van der Waals surface area contributed by atoms with Crippen molar-refractivity contribution in [1.29, 1.82) is 0 Å². The number of aromatic hydroxyl groups is 1. The molecular formula is C19H14BrIN2O5S. The Hall–Kier alpha value is -2.05. The number of carbonyl (C=O) groups is 3. The highest BCUT2D eigenvalue weighted by Crippen LogP contribution is 2.38. The van der Waals surface area contributed by atoms with Crippen LogP contribution in [-0.4, -0.2) is 40.7 Å². The molecule has 2 N–H and O–H groups in total. The van der Waals surface area contributed by atoms with Crippen molar-refractivity contribution in [3.05, 3.63) is 54.9 Å². The number of nitrogens with zero attached hydrogens (tertiary/aromatic N) is 1. The van der Waals surface area contributed by atoms with Gasteiger partial charge in [0.25, 0.3) is 11.1 Å². The summed E-state index contributed by atoms with van der Waals surface area (Å²) < 4.78 is 6.50. The summed E-state index contributed by atoms with van der Waals surface area (Å²) in [6.45, 7) is -0.378. The van der Waals surface area contributed by atoms with Crippen LogP contribution in [0, 0.1) is 3.57 Å². The van der Waals surface area contributed by atoms with Crippen molar-refractivity contribution in [3.63, 3.8) is 0 Å². The van der Waals surface area contributed by atoms with Gasteiger partial charge >= 0.3 is 0 Å². The van der Waals surface area contributed by atoms with Crippen molar-refractivity contribution >= 4 is 79.1 Å². The first-order valence-electron chi connectivity index (χ1n) is 8.15. The number of thioether (sulfide) groups is 1. The first-order valence-corrected chi connectivity index (χ1v) is 10.8. The number of nitrogens with one attached hydrogen (secondary N) is 1. The lowest BCUT2D eigenvalue weighted by atomic mass is 10.2. The number of anilines is 1.